The van der Waals surface area contributed by atoms with Crippen LogP contribution >= 0.6 is 25.1 Å². The number of piperidine rings is 1. The maximum Gasteiger partial charge on any atom is 0.230 e. The highest BCUT2D eigenvalue weighted by Crippen LogP contribution is 2.48. The molecule has 2 aliphatic rings. The predicted octanol–water partition coefficient (Wildman–Crippen LogP) is 3.51. The first-order chi connectivity index (χ1) is 16.1. The van der Waals surface area contributed by atoms with E-state index in [0.717, 1.165) is 42.8 Å². The molecule has 1 N–H and O–H groups in total. The van der Waals surface area contributed by atoms with Gasteiger partial charge in [0.2, 0.25) is 15.9 Å². The molecule has 11 heteroatoms. The number of ketones is 1. The topological polar surface area (TPSA) is 96.4 Å². The van der Waals surface area contributed by atoms with Crippen LogP contribution in [-0.4, -0.2) is 44.4 Å². The molecule has 1 saturated heterocycles. The molecule has 0 bridgehead atoms. The standard InChI is InChI=1S/C24H27ClFN3O4S.H2S/c1-34(32,33)28-15-24(8-9-24)17-4-6-19(7-5-17)29-10-2-3-16(23(29)31)11-20(30)13-22-21(26)12-18(25)14-27-22;/h4-7,12,14,16,28H,2-3,8-11,13,15H2,1H3;1H2/t16-;/m1./s1. The summed E-state index contributed by atoms with van der Waals surface area (Å²) in [5.41, 5.74) is 1.64. The maximum absolute atomic E-state index is 14.0. The minimum Gasteiger partial charge on any atom is -0.312 e. The number of nitrogens with one attached hydrogen (secondary N) is 1. The van der Waals surface area contributed by atoms with Crippen LogP contribution in [0.1, 0.15) is 43.4 Å². The van der Waals surface area contributed by atoms with Crippen molar-refractivity contribution in [1.82, 2.24) is 9.71 Å². The molecule has 35 heavy (non-hydrogen) atoms. The molecule has 1 aromatic heterocycles. The average molecular weight is 542 g/mol. The molecule has 0 unspecified atom stereocenters. The van der Waals surface area contributed by atoms with Crippen molar-refractivity contribution < 1.29 is 22.4 Å². The number of anilines is 1. The van der Waals surface area contributed by atoms with Crippen LogP contribution in [0.4, 0.5) is 10.1 Å². The van der Waals surface area contributed by atoms with Gasteiger partial charge in [-0.05, 0) is 49.4 Å². The zero-order chi connectivity index (χ0) is 24.5. The maximum atomic E-state index is 14.0. The quantitative estimate of drug-likeness (QED) is 0.524. The van der Waals surface area contributed by atoms with Gasteiger partial charge in [-0.3, -0.25) is 14.6 Å². The van der Waals surface area contributed by atoms with Gasteiger partial charge in [-0.1, -0.05) is 23.7 Å². The van der Waals surface area contributed by atoms with E-state index in [9.17, 15) is 22.4 Å². The Morgan fingerprint density at radius 2 is 1.97 bits per heavy atom. The number of amides is 1. The van der Waals surface area contributed by atoms with E-state index >= 15 is 0 Å². The third kappa shape index (κ3) is 6.81. The molecule has 190 valence electrons. The van der Waals surface area contributed by atoms with E-state index in [-0.39, 0.29) is 54.2 Å². The number of halogens is 2. The second-order valence-electron chi connectivity index (χ2n) is 9.25. The van der Waals surface area contributed by atoms with Crippen molar-refractivity contribution in [2.75, 3.05) is 24.2 Å². The first-order valence-corrected chi connectivity index (χ1v) is 13.5. The summed E-state index contributed by atoms with van der Waals surface area (Å²) in [4.78, 5) is 31.3. The molecule has 2 fully saturated rings. The Labute approximate surface area is 216 Å². The molecule has 1 aromatic carbocycles. The van der Waals surface area contributed by atoms with Crippen molar-refractivity contribution >= 4 is 52.5 Å². The summed E-state index contributed by atoms with van der Waals surface area (Å²) < 4.78 is 39.5. The van der Waals surface area contributed by atoms with Gasteiger partial charge in [0.1, 0.15) is 11.6 Å². The van der Waals surface area contributed by atoms with Crippen LogP contribution < -0.4 is 9.62 Å². The summed E-state index contributed by atoms with van der Waals surface area (Å²) in [6, 6.07) is 8.78. The van der Waals surface area contributed by atoms with Gasteiger partial charge < -0.3 is 4.90 Å². The van der Waals surface area contributed by atoms with Gasteiger partial charge in [-0.25, -0.2) is 17.5 Å². The Hall–Kier alpha value is -2.01. The Morgan fingerprint density at radius 3 is 2.57 bits per heavy atom. The number of carbonyl (C=O) groups is 2. The summed E-state index contributed by atoms with van der Waals surface area (Å²) in [6.45, 7) is 0.929. The zero-order valence-corrected chi connectivity index (χ0v) is 22.0. The fraction of sp³-hybridized carbons (Fsp3) is 0.458. The molecule has 1 aliphatic carbocycles. The second kappa shape index (κ2) is 10.9. The number of benzene rings is 1. The molecule has 7 nitrogen and oxygen atoms in total. The van der Waals surface area contributed by atoms with Crippen LogP contribution in [0, 0.1) is 11.7 Å². The van der Waals surface area contributed by atoms with Crippen LogP contribution in [0.3, 0.4) is 0 Å². The molecule has 0 radical (unpaired) electrons. The van der Waals surface area contributed by atoms with Crippen molar-refractivity contribution in [3.63, 3.8) is 0 Å². The number of aromatic nitrogens is 1. The van der Waals surface area contributed by atoms with E-state index in [0.29, 0.717) is 19.5 Å². The Morgan fingerprint density at radius 1 is 1.29 bits per heavy atom. The van der Waals surface area contributed by atoms with E-state index in [1.165, 1.54) is 6.20 Å². The number of carbonyl (C=O) groups excluding carboxylic acids is 2. The van der Waals surface area contributed by atoms with Gasteiger partial charge in [0, 0.05) is 42.7 Å². The first kappa shape index (κ1) is 27.6. The van der Waals surface area contributed by atoms with Crippen LogP contribution in [0.2, 0.25) is 5.02 Å². The van der Waals surface area contributed by atoms with E-state index in [1.807, 2.05) is 24.3 Å². The molecular formula is C24H29ClFN3O4S2. The lowest BCUT2D eigenvalue weighted by Gasteiger charge is -2.32. The van der Waals surface area contributed by atoms with Crippen molar-refractivity contribution in [3.05, 3.63) is 58.6 Å². The molecule has 4 rings (SSSR count). The number of Topliss-reactive ketones (excluding diaryl/α,β-unsaturated/α-hetero) is 1. The van der Waals surface area contributed by atoms with Gasteiger partial charge in [-0.15, -0.1) is 0 Å². The minimum absolute atomic E-state index is 0. The highest BCUT2D eigenvalue weighted by molar-refractivity contribution is 7.88. The van der Waals surface area contributed by atoms with Crippen LogP contribution in [0.15, 0.2) is 36.5 Å². The molecule has 1 aliphatic heterocycles. The summed E-state index contributed by atoms with van der Waals surface area (Å²) >= 11 is 5.71. The molecule has 1 atom stereocenters. The Balaban J connectivity index is 0.00000342. The van der Waals surface area contributed by atoms with Crippen molar-refractivity contribution in [2.24, 2.45) is 5.92 Å². The number of sulfonamides is 1. The van der Waals surface area contributed by atoms with Crippen molar-refractivity contribution in [3.8, 4) is 0 Å². The largest absolute Gasteiger partial charge is 0.312 e. The molecule has 2 heterocycles. The average Bonchev–Trinajstić information content (AvgIpc) is 3.57. The number of pyridine rings is 1. The third-order valence-electron chi connectivity index (χ3n) is 6.59. The minimum atomic E-state index is -3.26. The number of hydrogen-bond acceptors (Lipinski definition) is 5. The fourth-order valence-electron chi connectivity index (χ4n) is 4.48. The summed E-state index contributed by atoms with van der Waals surface area (Å²) in [5.74, 6) is -1.43. The summed E-state index contributed by atoms with van der Waals surface area (Å²) in [5, 5.41) is 0.164. The highest BCUT2D eigenvalue weighted by atomic mass is 35.5. The third-order valence-corrected chi connectivity index (χ3v) is 7.47. The van der Waals surface area contributed by atoms with Crippen LogP contribution in [-0.2, 0) is 31.4 Å². The van der Waals surface area contributed by atoms with Gasteiger partial charge in [0.15, 0.2) is 0 Å². The first-order valence-electron chi connectivity index (χ1n) is 11.2. The Kier molecular flexibility index (Phi) is 8.62. The van der Waals surface area contributed by atoms with Crippen LogP contribution in [0.25, 0.3) is 0 Å². The predicted molar refractivity (Wildman–Crippen MR) is 138 cm³/mol. The van der Waals surface area contributed by atoms with E-state index in [2.05, 4.69) is 9.71 Å². The lowest BCUT2D eigenvalue weighted by molar-refractivity contribution is -0.128. The lowest BCUT2D eigenvalue weighted by Crippen LogP contribution is -2.42. The highest BCUT2D eigenvalue weighted by Gasteiger charge is 2.44. The second-order valence-corrected chi connectivity index (χ2v) is 11.5. The van der Waals surface area contributed by atoms with Crippen LogP contribution in [0.5, 0.6) is 0 Å². The summed E-state index contributed by atoms with van der Waals surface area (Å²) in [6.07, 6.45) is 5.50. The fourth-order valence-corrected chi connectivity index (χ4v) is 5.17. The van der Waals surface area contributed by atoms with E-state index in [1.54, 1.807) is 4.90 Å². The lowest BCUT2D eigenvalue weighted by atomic mass is 9.90. The normalized spacial score (nSPS) is 19.2. The smallest absolute Gasteiger partial charge is 0.230 e. The van der Waals surface area contributed by atoms with Gasteiger partial charge in [0.05, 0.1) is 23.4 Å². The Bertz CT molecular complexity index is 1200. The SMILES string of the molecule is CS(=O)(=O)NCC1(c2ccc(N3CCC[C@H](CC(=O)Cc4ncc(Cl)cc4F)C3=O)cc2)CC1.S. The molecule has 1 saturated carbocycles. The molecule has 2 aromatic rings. The summed E-state index contributed by atoms with van der Waals surface area (Å²) in [7, 11) is -3.26. The van der Waals surface area contributed by atoms with Gasteiger partial charge in [-0.2, -0.15) is 13.5 Å². The number of hydrogen-bond donors (Lipinski definition) is 1. The van der Waals surface area contributed by atoms with Gasteiger partial charge >= 0.3 is 0 Å². The molecular weight excluding hydrogens is 513 g/mol. The zero-order valence-electron chi connectivity index (χ0n) is 19.4. The number of nitrogens with zero attached hydrogens (tertiary/aromatic N) is 2. The van der Waals surface area contributed by atoms with Crippen molar-refractivity contribution in [1.29, 1.82) is 0 Å². The van der Waals surface area contributed by atoms with E-state index < -0.39 is 21.8 Å². The monoisotopic (exact) mass is 541 g/mol. The van der Waals surface area contributed by atoms with E-state index in [4.69, 9.17) is 11.6 Å². The molecule has 1 amide bonds. The van der Waals surface area contributed by atoms with Gasteiger partial charge in [0.25, 0.3) is 0 Å². The molecule has 0 spiro atoms. The van der Waals surface area contributed by atoms with Crippen molar-refractivity contribution in [2.45, 2.75) is 43.9 Å². The number of rotatable bonds is 9.